The van der Waals surface area contributed by atoms with Crippen LogP contribution in [-0.4, -0.2) is 11.1 Å². The van der Waals surface area contributed by atoms with Crippen LogP contribution in [0.3, 0.4) is 0 Å². The van der Waals surface area contributed by atoms with E-state index in [9.17, 15) is 14.3 Å². The third-order valence-corrected chi connectivity index (χ3v) is 2.09. The maximum absolute atomic E-state index is 14.0. The number of hydrogen-bond donors (Lipinski definition) is 1. The molecular formula is C12H15FO3. The average Bonchev–Trinajstić information content (AvgIpc) is 2.07. The lowest BCUT2D eigenvalue weighted by molar-refractivity contribution is -0.132. The fourth-order valence-electron chi connectivity index (χ4n) is 1.49. The lowest BCUT2D eigenvalue weighted by Crippen LogP contribution is -2.15. The molecule has 88 valence electrons. The fraction of sp³-hybridized carbons (Fsp3) is 0.417. The van der Waals surface area contributed by atoms with Crippen LogP contribution in [0.2, 0.25) is 0 Å². The van der Waals surface area contributed by atoms with Crippen LogP contribution in [0.1, 0.15) is 33.3 Å². The molecule has 16 heavy (non-hydrogen) atoms. The molecule has 0 bridgehead atoms. The van der Waals surface area contributed by atoms with Crippen LogP contribution in [0.5, 0.6) is 11.5 Å². The molecule has 0 fully saturated rings. The molecule has 1 N–H and O–H groups in total. The Balaban J connectivity index is 3.33. The Kier molecular flexibility index (Phi) is 3.21. The second kappa shape index (κ2) is 4.12. The minimum absolute atomic E-state index is 0.138. The van der Waals surface area contributed by atoms with Gasteiger partial charge in [0, 0.05) is 12.5 Å². The zero-order valence-electron chi connectivity index (χ0n) is 9.80. The van der Waals surface area contributed by atoms with E-state index in [0.717, 1.165) is 0 Å². The second-order valence-corrected chi connectivity index (χ2v) is 4.62. The van der Waals surface area contributed by atoms with Crippen LogP contribution in [0.4, 0.5) is 4.39 Å². The van der Waals surface area contributed by atoms with Crippen molar-refractivity contribution >= 4 is 5.97 Å². The molecule has 0 saturated carbocycles. The summed E-state index contributed by atoms with van der Waals surface area (Å²) in [5.74, 6) is -1.58. The molecule has 0 spiro atoms. The van der Waals surface area contributed by atoms with Crippen molar-refractivity contribution in [2.75, 3.05) is 0 Å². The number of benzene rings is 1. The van der Waals surface area contributed by atoms with Gasteiger partial charge in [-0.2, -0.15) is 0 Å². The maximum Gasteiger partial charge on any atom is 0.308 e. The van der Waals surface area contributed by atoms with Crippen molar-refractivity contribution in [3.05, 3.63) is 23.5 Å². The van der Waals surface area contributed by atoms with Gasteiger partial charge in [-0.25, -0.2) is 4.39 Å². The first-order chi connectivity index (χ1) is 7.23. The predicted octanol–water partition coefficient (Wildman–Crippen LogP) is 2.75. The molecule has 3 nitrogen and oxygen atoms in total. The zero-order valence-corrected chi connectivity index (χ0v) is 9.80. The summed E-state index contributed by atoms with van der Waals surface area (Å²) < 4.78 is 18.7. The Hall–Kier alpha value is -1.58. The van der Waals surface area contributed by atoms with E-state index in [-0.39, 0.29) is 17.1 Å². The average molecular weight is 226 g/mol. The number of carbonyl (C=O) groups is 1. The number of ether oxygens (including phenoxy) is 1. The smallest absolute Gasteiger partial charge is 0.308 e. The first-order valence-corrected chi connectivity index (χ1v) is 4.94. The predicted molar refractivity (Wildman–Crippen MR) is 58.1 cm³/mol. The van der Waals surface area contributed by atoms with Crippen molar-refractivity contribution in [1.29, 1.82) is 0 Å². The summed E-state index contributed by atoms with van der Waals surface area (Å²) >= 11 is 0. The van der Waals surface area contributed by atoms with Gasteiger partial charge in [0.05, 0.1) is 0 Å². The Bertz CT molecular complexity index is 419. The topological polar surface area (TPSA) is 46.5 Å². The van der Waals surface area contributed by atoms with E-state index in [0.29, 0.717) is 0 Å². The molecule has 0 aliphatic carbocycles. The van der Waals surface area contributed by atoms with E-state index in [1.165, 1.54) is 19.1 Å². The van der Waals surface area contributed by atoms with E-state index in [1.807, 2.05) is 0 Å². The number of esters is 1. The van der Waals surface area contributed by atoms with Crippen LogP contribution in [0.15, 0.2) is 12.1 Å². The van der Waals surface area contributed by atoms with Crippen molar-refractivity contribution in [2.45, 2.75) is 33.1 Å². The number of carbonyl (C=O) groups excluding carboxylic acids is 1. The molecule has 0 aliphatic rings. The summed E-state index contributed by atoms with van der Waals surface area (Å²) in [6, 6.07) is 2.56. The molecule has 0 atom stereocenters. The van der Waals surface area contributed by atoms with Gasteiger partial charge in [-0.05, 0) is 17.5 Å². The monoisotopic (exact) mass is 226 g/mol. The van der Waals surface area contributed by atoms with Gasteiger partial charge in [0.1, 0.15) is 5.75 Å². The van der Waals surface area contributed by atoms with Crippen LogP contribution >= 0.6 is 0 Å². The molecule has 0 heterocycles. The fourth-order valence-corrected chi connectivity index (χ4v) is 1.49. The van der Waals surface area contributed by atoms with Crippen molar-refractivity contribution in [2.24, 2.45) is 0 Å². The molecule has 4 heteroatoms. The summed E-state index contributed by atoms with van der Waals surface area (Å²) in [6.45, 7) is 6.50. The van der Waals surface area contributed by atoms with Crippen molar-refractivity contribution in [3.8, 4) is 11.5 Å². The molecular weight excluding hydrogens is 211 g/mol. The van der Waals surface area contributed by atoms with Crippen LogP contribution in [0.25, 0.3) is 0 Å². The largest absolute Gasteiger partial charge is 0.508 e. The van der Waals surface area contributed by atoms with E-state index in [2.05, 4.69) is 0 Å². The molecule has 0 radical (unpaired) electrons. The normalized spacial score (nSPS) is 11.3. The number of rotatable bonds is 1. The van der Waals surface area contributed by atoms with Crippen LogP contribution in [-0.2, 0) is 10.2 Å². The lowest BCUT2D eigenvalue weighted by Gasteiger charge is -2.22. The summed E-state index contributed by atoms with van der Waals surface area (Å²) in [5, 5.41) is 9.61. The SMILES string of the molecule is CC(=O)Oc1ccc(O)c(C(C)(C)C)c1F. The van der Waals surface area contributed by atoms with Gasteiger partial charge in [-0.3, -0.25) is 4.79 Å². The highest BCUT2D eigenvalue weighted by Crippen LogP contribution is 2.36. The number of phenolic OH excluding ortho intramolecular Hbond substituents is 1. The third-order valence-electron chi connectivity index (χ3n) is 2.09. The Morgan fingerprint density at radius 3 is 2.38 bits per heavy atom. The third kappa shape index (κ3) is 2.51. The van der Waals surface area contributed by atoms with Crippen molar-refractivity contribution in [3.63, 3.8) is 0 Å². The maximum atomic E-state index is 14.0. The van der Waals surface area contributed by atoms with Gasteiger partial charge in [0.25, 0.3) is 0 Å². The van der Waals surface area contributed by atoms with Gasteiger partial charge in [-0.1, -0.05) is 20.8 Å². The molecule has 1 aromatic carbocycles. The number of aromatic hydroxyl groups is 1. The Morgan fingerprint density at radius 1 is 1.38 bits per heavy atom. The standard InChI is InChI=1S/C12H15FO3/c1-7(14)16-9-6-5-8(15)10(11(9)13)12(2,3)4/h5-6,15H,1-4H3. The lowest BCUT2D eigenvalue weighted by atomic mass is 9.85. The van der Waals surface area contributed by atoms with E-state index < -0.39 is 17.2 Å². The van der Waals surface area contributed by atoms with E-state index in [4.69, 9.17) is 4.74 Å². The van der Waals surface area contributed by atoms with E-state index >= 15 is 0 Å². The minimum atomic E-state index is -0.692. The molecule has 0 aromatic heterocycles. The quantitative estimate of drug-likeness (QED) is 0.591. The number of phenols is 1. The summed E-state index contributed by atoms with van der Waals surface area (Å²) in [6.07, 6.45) is 0. The van der Waals surface area contributed by atoms with Gasteiger partial charge >= 0.3 is 5.97 Å². The number of halogens is 1. The first kappa shape index (κ1) is 12.5. The molecule has 0 unspecified atom stereocenters. The van der Waals surface area contributed by atoms with Crippen molar-refractivity contribution < 1.29 is 19.0 Å². The molecule has 1 aromatic rings. The molecule has 0 aliphatic heterocycles. The summed E-state index contributed by atoms with van der Waals surface area (Å²) in [7, 11) is 0. The zero-order chi connectivity index (χ0) is 12.5. The van der Waals surface area contributed by atoms with Gasteiger partial charge in [0.15, 0.2) is 11.6 Å². The first-order valence-electron chi connectivity index (χ1n) is 4.94. The minimum Gasteiger partial charge on any atom is -0.508 e. The van der Waals surface area contributed by atoms with E-state index in [1.54, 1.807) is 20.8 Å². The van der Waals surface area contributed by atoms with Crippen LogP contribution in [0, 0.1) is 5.82 Å². The van der Waals surface area contributed by atoms with Gasteiger partial charge < -0.3 is 9.84 Å². The highest BCUT2D eigenvalue weighted by atomic mass is 19.1. The molecule has 1 rings (SSSR count). The molecule has 0 amide bonds. The second-order valence-electron chi connectivity index (χ2n) is 4.62. The Labute approximate surface area is 93.9 Å². The van der Waals surface area contributed by atoms with Crippen LogP contribution < -0.4 is 4.74 Å². The van der Waals surface area contributed by atoms with Gasteiger partial charge in [-0.15, -0.1) is 0 Å². The summed E-state index contributed by atoms with van der Waals surface area (Å²) in [5.41, 5.74) is -0.420. The van der Waals surface area contributed by atoms with Gasteiger partial charge in [0.2, 0.25) is 0 Å². The number of hydrogen-bond acceptors (Lipinski definition) is 3. The summed E-state index contributed by atoms with van der Waals surface area (Å²) in [4.78, 5) is 10.8. The molecule has 0 saturated heterocycles. The Morgan fingerprint density at radius 2 is 1.94 bits per heavy atom. The van der Waals surface area contributed by atoms with Crippen molar-refractivity contribution in [1.82, 2.24) is 0 Å². The highest BCUT2D eigenvalue weighted by Gasteiger charge is 2.25. The highest BCUT2D eigenvalue weighted by molar-refractivity contribution is 5.69.